The molecule has 28 heavy (non-hydrogen) atoms. The number of carbonyl (C=O) groups is 3. The number of carbonyl (C=O) groups excluding carboxylic acids is 3. The van der Waals surface area contributed by atoms with E-state index in [4.69, 9.17) is 0 Å². The van der Waals surface area contributed by atoms with Gasteiger partial charge in [-0.05, 0) is 32.6 Å². The van der Waals surface area contributed by atoms with Crippen molar-refractivity contribution in [1.29, 1.82) is 0 Å². The van der Waals surface area contributed by atoms with Crippen LogP contribution in [-0.2, 0) is 14.4 Å². The molecule has 4 fully saturated rings. The molecule has 0 spiro atoms. The van der Waals surface area contributed by atoms with Crippen molar-refractivity contribution in [2.24, 2.45) is 5.92 Å². The van der Waals surface area contributed by atoms with Gasteiger partial charge in [0.1, 0.15) is 0 Å². The number of hydrogen-bond donors (Lipinski definition) is 0. The predicted molar refractivity (Wildman–Crippen MR) is 106 cm³/mol. The topological polar surface area (TPSA) is 64.2 Å². The largest absolute Gasteiger partial charge is 0.341 e. The van der Waals surface area contributed by atoms with Gasteiger partial charge in [0.2, 0.25) is 17.7 Å². The summed E-state index contributed by atoms with van der Waals surface area (Å²) in [4.78, 5) is 46.1. The van der Waals surface area contributed by atoms with Gasteiger partial charge in [0.05, 0.1) is 12.0 Å². The summed E-state index contributed by atoms with van der Waals surface area (Å²) in [6.07, 6.45) is 7.17. The van der Waals surface area contributed by atoms with E-state index < -0.39 is 0 Å². The summed E-state index contributed by atoms with van der Waals surface area (Å²) in [5, 5.41) is 0. The van der Waals surface area contributed by atoms with Crippen molar-refractivity contribution in [3.05, 3.63) is 0 Å². The first-order valence-electron chi connectivity index (χ1n) is 11.2. The third-order valence-corrected chi connectivity index (χ3v) is 7.22. The van der Waals surface area contributed by atoms with Crippen molar-refractivity contribution >= 4 is 17.7 Å². The van der Waals surface area contributed by atoms with Gasteiger partial charge >= 0.3 is 0 Å². The van der Waals surface area contributed by atoms with Crippen LogP contribution < -0.4 is 0 Å². The zero-order valence-corrected chi connectivity index (χ0v) is 17.1. The Morgan fingerprint density at radius 3 is 2.18 bits per heavy atom. The van der Waals surface area contributed by atoms with Crippen molar-refractivity contribution < 1.29 is 14.4 Å². The van der Waals surface area contributed by atoms with Crippen LogP contribution in [0, 0.1) is 5.92 Å². The molecule has 0 N–H and O–H groups in total. The predicted octanol–water partition coefficient (Wildman–Crippen LogP) is 0.933. The van der Waals surface area contributed by atoms with Crippen LogP contribution in [0.4, 0.5) is 0 Å². The molecule has 3 aliphatic heterocycles. The van der Waals surface area contributed by atoms with Crippen molar-refractivity contribution in [2.75, 3.05) is 45.8 Å². The second-order valence-electron chi connectivity index (χ2n) is 8.96. The molecule has 3 amide bonds. The number of likely N-dealkylation sites (tertiary alicyclic amines) is 2. The number of nitrogens with zero attached hydrogens (tertiary/aromatic N) is 4. The Morgan fingerprint density at radius 2 is 1.54 bits per heavy atom. The highest BCUT2D eigenvalue weighted by Gasteiger charge is 2.41. The Balaban J connectivity index is 1.27. The van der Waals surface area contributed by atoms with E-state index in [1.165, 1.54) is 12.8 Å². The molecule has 4 aliphatic rings. The summed E-state index contributed by atoms with van der Waals surface area (Å²) < 4.78 is 0. The lowest BCUT2D eigenvalue weighted by Gasteiger charge is -2.39. The Bertz CT molecular complexity index is 605. The third-order valence-electron chi connectivity index (χ3n) is 7.22. The Kier molecular flexibility index (Phi) is 5.90. The van der Waals surface area contributed by atoms with Gasteiger partial charge in [0, 0.05) is 58.3 Å². The molecule has 1 saturated carbocycles. The molecule has 2 unspecified atom stereocenters. The zero-order chi connectivity index (χ0) is 19.7. The Labute approximate surface area is 168 Å². The Morgan fingerprint density at radius 1 is 0.893 bits per heavy atom. The van der Waals surface area contributed by atoms with Gasteiger partial charge in [-0.1, -0.05) is 12.8 Å². The molecular weight excluding hydrogens is 356 g/mol. The van der Waals surface area contributed by atoms with Crippen LogP contribution in [-0.4, -0.2) is 95.2 Å². The highest BCUT2D eigenvalue weighted by molar-refractivity contribution is 5.89. The van der Waals surface area contributed by atoms with Crippen LogP contribution in [0.3, 0.4) is 0 Å². The molecule has 1 aliphatic carbocycles. The van der Waals surface area contributed by atoms with Crippen LogP contribution in [0.2, 0.25) is 0 Å². The maximum Gasteiger partial charge on any atom is 0.239 e. The average molecular weight is 391 g/mol. The molecule has 7 heteroatoms. The molecule has 0 radical (unpaired) electrons. The highest BCUT2D eigenvalue weighted by atomic mass is 16.2. The van der Waals surface area contributed by atoms with Crippen LogP contribution in [0.15, 0.2) is 0 Å². The number of amides is 3. The molecular formula is C21H34N4O3. The highest BCUT2D eigenvalue weighted by Crippen LogP contribution is 2.30. The van der Waals surface area contributed by atoms with E-state index in [0.717, 1.165) is 51.9 Å². The van der Waals surface area contributed by atoms with Gasteiger partial charge < -0.3 is 14.7 Å². The lowest BCUT2D eigenvalue weighted by Crippen LogP contribution is -2.56. The van der Waals surface area contributed by atoms with Crippen molar-refractivity contribution in [2.45, 2.75) is 64.0 Å². The molecule has 0 aromatic heterocycles. The van der Waals surface area contributed by atoms with E-state index in [1.54, 1.807) is 0 Å². The minimum Gasteiger partial charge on any atom is -0.341 e. The second kappa shape index (κ2) is 8.39. The van der Waals surface area contributed by atoms with Crippen LogP contribution in [0.25, 0.3) is 0 Å². The van der Waals surface area contributed by atoms with E-state index in [9.17, 15) is 14.4 Å². The molecule has 7 nitrogen and oxygen atoms in total. The van der Waals surface area contributed by atoms with Crippen LogP contribution in [0.5, 0.6) is 0 Å². The second-order valence-corrected chi connectivity index (χ2v) is 8.96. The Hall–Kier alpha value is -1.63. The van der Waals surface area contributed by atoms with Gasteiger partial charge in [0.25, 0.3) is 0 Å². The van der Waals surface area contributed by atoms with Gasteiger partial charge in [-0.15, -0.1) is 0 Å². The maximum atomic E-state index is 13.0. The summed E-state index contributed by atoms with van der Waals surface area (Å²) in [6, 6.07) is 0.251. The first-order valence-corrected chi connectivity index (χ1v) is 11.2. The summed E-state index contributed by atoms with van der Waals surface area (Å²) in [7, 11) is 0. The molecule has 156 valence electrons. The number of rotatable bonds is 4. The van der Waals surface area contributed by atoms with E-state index in [0.29, 0.717) is 32.1 Å². The molecule has 2 atom stereocenters. The first-order chi connectivity index (χ1) is 13.5. The molecule has 3 saturated heterocycles. The summed E-state index contributed by atoms with van der Waals surface area (Å²) in [5.41, 5.74) is 0. The van der Waals surface area contributed by atoms with Crippen molar-refractivity contribution in [1.82, 2.24) is 19.6 Å². The zero-order valence-electron chi connectivity index (χ0n) is 17.1. The smallest absolute Gasteiger partial charge is 0.239 e. The average Bonchev–Trinajstić information content (AvgIpc) is 3.47. The van der Waals surface area contributed by atoms with E-state index in [2.05, 4.69) is 4.90 Å². The van der Waals surface area contributed by atoms with E-state index >= 15 is 0 Å². The minimum atomic E-state index is -0.177. The van der Waals surface area contributed by atoms with E-state index in [-0.39, 0.29) is 29.7 Å². The monoisotopic (exact) mass is 390 g/mol. The molecule has 0 bridgehead atoms. The van der Waals surface area contributed by atoms with E-state index in [1.807, 2.05) is 21.6 Å². The summed E-state index contributed by atoms with van der Waals surface area (Å²) >= 11 is 0. The molecule has 0 aromatic rings. The molecule has 4 rings (SSSR count). The standard InChI is InChI=1S/C21H34N4O3/c1-16(20(27)23-8-4-5-9-23)22-10-12-24(13-11-22)21(28)17-14-19(26)25(15-17)18-6-2-3-7-18/h16-18H,2-15H2,1H3. The van der Waals surface area contributed by atoms with Crippen molar-refractivity contribution in [3.63, 3.8) is 0 Å². The van der Waals surface area contributed by atoms with Gasteiger partial charge in [0.15, 0.2) is 0 Å². The van der Waals surface area contributed by atoms with Gasteiger partial charge in [-0.3, -0.25) is 19.3 Å². The summed E-state index contributed by atoms with van der Waals surface area (Å²) in [5.74, 6) is 0.343. The SMILES string of the molecule is CC(C(=O)N1CCCC1)N1CCN(C(=O)C2CC(=O)N(C3CCCC3)C2)CC1. The number of piperazine rings is 1. The van der Waals surface area contributed by atoms with Crippen LogP contribution >= 0.6 is 0 Å². The number of hydrogen-bond acceptors (Lipinski definition) is 4. The van der Waals surface area contributed by atoms with Gasteiger partial charge in [-0.2, -0.15) is 0 Å². The lowest BCUT2D eigenvalue weighted by atomic mass is 10.1. The summed E-state index contributed by atoms with van der Waals surface area (Å²) in [6.45, 7) is 7.15. The third kappa shape index (κ3) is 3.91. The maximum absolute atomic E-state index is 13.0. The minimum absolute atomic E-state index is 0.110. The molecule has 3 heterocycles. The van der Waals surface area contributed by atoms with Crippen molar-refractivity contribution in [3.8, 4) is 0 Å². The fraction of sp³-hybridized carbons (Fsp3) is 0.857. The molecule has 0 aromatic carbocycles. The first kappa shape index (κ1) is 19.7. The normalized spacial score (nSPS) is 28.4. The quantitative estimate of drug-likeness (QED) is 0.717. The van der Waals surface area contributed by atoms with Crippen LogP contribution in [0.1, 0.15) is 51.9 Å². The van der Waals surface area contributed by atoms with Gasteiger partial charge in [-0.25, -0.2) is 0 Å². The fourth-order valence-corrected chi connectivity index (χ4v) is 5.41. The lowest BCUT2D eigenvalue weighted by molar-refractivity contribution is -0.140. The fourth-order valence-electron chi connectivity index (χ4n) is 5.41.